The summed E-state index contributed by atoms with van der Waals surface area (Å²) in [7, 11) is 0. The van der Waals surface area contributed by atoms with Crippen LogP contribution in [0.15, 0.2) is 29.4 Å². The van der Waals surface area contributed by atoms with Gasteiger partial charge in [-0.3, -0.25) is 4.79 Å². The predicted molar refractivity (Wildman–Crippen MR) is 79.0 cm³/mol. The minimum Gasteiger partial charge on any atom is -0.409 e. The Hall–Kier alpha value is -2.08. The zero-order chi connectivity index (χ0) is 15.1. The van der Waals surface area contributed by atoms with Gasteiger partial charge in [0, 0.05) is 18.7 Å². The maximum Gasteiger partial charge on any atom is 0.222 e. The monoisotopic (exact) mass is 291 g/mol. The van der Waals surface area contributed by atoms with E-state index in [0.717, 1.165) is 31.4 Å². The minimum atomic E-state index is -0.0175. The molecule has 0 spiro atoms. The Labute approximate surface area is 124 Å². The molecule has 0 bridgehead atoms. The van der Waals surface area contributed by atoms with E-state index >= 15 is 0 Å². The van der Waals surface area contributed by atoms with Crippen molar-refractivity contribution in [3.05, 3.63) is 35.4 Å². The number of amides is 1. The average molecular weight is 291 g/mol. The lowest BCUT2D eigenvalue weighted by Gasteiger charge is -2.21. The van der Waals surface area contributed by atoms with Crippen molar-refractivity contribution in [1.82, 2.24) is 5.32 Å². The van der Waals surface area contributed by atoms with E-state index in [1.54, 1.807) is 18.2 Å². The molecule has 0 aliphatic carbocycles. The molecule has 1 aromatic rings. The Morgan fingerprint density at radius 2 is 2.33 bits per heavy atom. The largest absolute Gasteiger partial charge is 0.409 e. The summed E-state index contributed by atoms with van der Waals surface area (Å²) in [5, 5.41) is 14.5. The van der Waals surface area contributed by atoms with E-state index < -0.39 is 0 Å². The molecular weight excluding hydrogens is 270 g/mol. The quantitative estimate of drug-likeness (QED) is 0.330. The van der Waals surface area contributed by atoms with E-state index in [1.165, 1.54) is 0 Å². The molecule has 1 aromatic carbocycles. The van der Waals surface area contributed by atoms with Gasteiger partial charge in [0.25, 0.3) is 0 Å². The number of carbonyl (C=O) groups excluding carboxylic acids is 1. The number of hydrogen-bond donors (Lipinski definition) is 3. The number of benzene rings is 1. The molecule has 1 unspecified atom stereocenters. The van der Waals surface area contributed by atoms with Gasteiger partial charge in [0.1, 0.15) is 0 Å². The van der Waals surface area contributed by atoms with Crippen LogP contribution in [0.5, 0.6) is 0 Å². The molecule has 1 fully saturated rings. The van der Waals surface area contributed by atoms with Gasteiger partial charge in [0.2, 0.25) is 5.91 Å². The Morgan fingerprint density at radius 1 is 1.48 bits per heavy atom. The van der Waals surface area contributed by atoms with E-state index in [-0.39, 0.29) is 17.8 Å². The number of ether oxygens (including phenoxy) is 1. The van der Waals surface area contributed by atoms with Crippen molar-refractivity contribution in [3.8, 4) is 0 Å². The zero-order valence-electron chi connectivity index (χ0n) is 11.9. The van der Waals surface area contributed by atoms with E-state index in [9.17, 15) is 4.79 Å². The number of oxime groups is 1. The third-order valence-corrected chi connectivity index (χ3v) is 3.51. The standard InChI is InChI=1S/C15H21N3O3/c16-15(18-20)12-5-3-4-11(8-12)10-17-14(19)9-13-6-1-2-7-21-13/h3-5,8,13,20H,1-2,6-7,9-10H2,(H2,16,18)(H,17,19). The molecule has 1 heterocycles. The van der Waals surface area contributed by atoms with Crippen LogP contribution in [0.25, 0.3) is 0 Å². The summed E-state index contributed by atoms with van der Waals surface area (Å²) < 4.78 is 5.54. The summed E-state index contributed by atoms with van der Waals surface area (Å²) in [6, 6.07) is 7.22. The van der Waals surface area contributed by atoms with Crippen LogP contribution in [0.3, 0.4) is 0 Å². The summed E-state index contributed by atoms with van der Waals surface area (Å²) in [6.45, 7) is 1.16. The first-order valence-corrected chi connectivity index (χ1v) is 7.14. The van der Waals surface area contributed by atoms with Crippen molar-refractivity contribution in [2.45, 2.75) is 38.3 Å². The van der Waals surface area contributed by atoms with Crippen LogP contribution < -0.4 is 11.1 Å². The molecule has 114 valence electrons. The zero-order valence-corrected chi connectivity index (χ0v) is 11.9. The van der Waals surface area contributed by atoms with Crippen LogP contribution in [0.1, 0.15) is 36.8 Å². The maximum absolute atomic E-state index is 11.9. The summed E-state index contributed by atoms with van der Waals surface area (Å²) in [5.41, 5.74) is 7.06. The highest BCUT2D eigenvalue weighted by molar-refractivity contribution is 5.97. The number of amidine groups is 1. The SMILES string of the molecule is N/C(=N/O)c1cccc(CNC(=O)CC2CCCCO2)c1. The van der Waals surface area contributed by atoms with Crippen molar-refractivity contribution in [2.75, 3.05) is 6.61 Å². The molecule has 6 heteroatoms. The van der Waals surface area contributed by atoms with Gasteiger partial charge in [0.05, 0.1) is 12.5 Å². The van der Waals surface area contributed by atoms with Gasteiger partial charge in [-0.05, 0) is 30.9 Å². The lowest BCUT2D eigenvalue weighted by molar-refractivity contribution is -0.125. The molecule has 1 atom stereocenters. The van der Waals surface area contributed by atoms with Crippen molar-refractivity contribution in [3.63, 3.8) is 0 Å². The van der Waals surface area contributed by atoms with Crippen LogP contribution in [0, 0.1) is 0 Å². The second kappa shape index (κ2) is 7.64. The van der Waals surface area contributed by atoms with E-state index in [1.807, 2.05) is 6.07 Å². The summed E-state index contributed by atoms with van der Waals surface area (Å²) >= 11 is 0. The van der Waals surface area contributed by atoms with E-state index in [0.29, 0.717) is 18.5 Å². The van der Waals surface area contributed by atoms with E-state index in [2.05, 4.69) is 10.5 Å². The highest BCUT2D eigenvalue weighted by Crippen LogP contribution is 2.15. The minimum absolute atomic E-state index is 0.0175. The van der Waals surface area contributed by atoms with Gasteiger partial charge in [-0.2, -0.15) is 0 Å². The fourth-order valence-electron chi connectivity index (χ4n) is 2.35. The Bertz CT molecular complexity index is 511. The van der Waals surface area contributed by atoms with Crippen molar-refractivity contribution in [1.29, 1.82) is 0 Å². The average Bonchev–Trinajstić information content (AvgIpc) is 2.53. The van der Waals surface area contributed by atoms with Gasteiger partial charge in [-0.1, -0.05) is 23.4 Å². The highest BCUT2D eigenvalue weighted by atomic mass is 16.5. The highest BCUT2D eigenvalue weighted by Gasteiger charge is 2.17. The van der Waals surface area contributed by atoms with Crippen LogP contribution in [0.4, 0.5) is 0 Å². The third-order valence-electron chi connectivity index (χ3n) is 3.51. The number of rotatable bonds is 5. The maximum atomic E-state index is 11.9. The van der Waals surface area contributed by atoms with Crippen molar-refractivity contribution in [2.24, 2.45) is 10.9 Å². The van der Waals surface area contributed by atoms with Crippen LogP contribution in [-0.2, 0) is 16.1 Å². The predicted octanol–water partition coefficient (Wildman–Crippen LogP) is 1.36. The lowest BCUT2D eigenvalue weighted by Crippen LogP contribution is -2.30. The molecule has 0 aromatic heterocycles. The molecule has 0 radical (unpaired) electrons. The summed E-state index contributed by atoms with van der Waals surface area (Å²) in [4.78, 5) is 11.9. The van der Waals surface area contributed by atoms with E-state index in [4.69, 9.17) is 15.7 Å². The van der Waals surface area contributed by atoms with Crippen LogP contribution >= 0.6 is 0 Å². The summed E-state index contributed by atoms with van der Waals surface area (Å²) in [5.74, 6) is 0.0369. The number of carbonyl (C=O) groups is 1. The first kappa shape index (κ1) is 15.3. The van der Waals surface area contributed by atoms with Crippen LogP contribution in [0.2, 0.25) is 0 Å². The molecule has 1 saturated heterocycles. The van der Waals surface area contributed by atoms with Crippen LogP contribution in [-0.4, -0.2) is 29.7 Å². The fraction of sp³-hybridized carbons (Fsp3) is 0.467. The molecule has 6 nitrogen and oxygen atoms in total. The molecular formula is C15H21N3O3. The molecule has 1 aliphatic heterocycles. The van der Waals surface area contributed by atoms with Gasteiger partial charge in [-0.15, -0.1) is 0 Å². The van der Waals surface area contributed by atoms with Crippen molar-refractivity contribution < 1.29 is 14.7 Å². The molecule has 2 rings (SSSR count). The summed E-state index contributed by atoms with van der Waals surface area (Å²) in [6.07, 6.45) is 3.60. The first-order valence-electron chi connectivity index (χ1n) is 7.14. The number of nitrogens with zero attached hydrogens (tertiary/aromatic N) is 1. The molecule has 1 aliphatic rings. The fourth-order valence-corrected chi connectivity index (χ4v) is 2.35. The first-order chi connectivity index (χ1) is 10.2. The van der Waals surface area contributed by atoms with Gasteiger partial charge >= 0.3 is 0 Å². The second-order valence-electron chi connectivity index (χ2n) is 5.16. The lowest BCUT2D eigenvalue weighted by atomic mass is 10.1. The number of nitrogens with two attached hydrogens (primary N) is 1. The van der Waals surface area contributed by atoms with Gasteiger partial charge < -0.3 is 21.0 Å². The number of nitrogens with one attached hydrogen (secondary N) is 1. The third kappa shape index (κ3) is 4.75. The molecule has 0 saturated carbocycles. The molecule has 21 heavy (non-hydrogen) atoms. The smallest absolute Gasteiger partial charge is 0.222 e. The second-order valence-corrected chi connectivity index (χ2v) is 5.16. The number of hydrogen-bond acceptors (Lipinski definition) is 4. The molecule has 1 amide bonds. The Kier molecular flexibility index (Phi) is 5.57. The Morgan fingerprint density at radius 3 is 3.05 bits per heavy atom. The van der Waals surface area contributed by atoms with Crippen molar-refractivity contribution >= 4 is 11.7 Å². The Balaban J connectivity index is 1.83. The van der Waals surface area contributed by atoms with Gasteiger partial charge in [0.15, 0.2) is 5.84 Å². The molecule has 4 N–H and O–H groups in total. The van der Waals surface area contributed by atoms with Gasteiger partial charge in [-0.25, -0.2) is 0 Å². The topological polar surface area (TPSA) is 96.9 Å². The normalized spacial score (nSPS) is 19.2.